The van der Waals surface area contributed by atoms with Crippen LogP contribution in [0.1, 0.15) is 65.9 Å². The van der Waals surface area contributed by atoms with E-state index < -0.39 is 42.4 Å². The Bertz CT molecular complexity index is 1660. The van der Waals surface area contributed by atoms with Crippen molar-refractivity contribution in [3.8, 4) is 6.07 Å². The minimum Gasteiger partial charge on any atom is -0.464 e. The van der Waals surface area contributed by atoms with Crippen molar-refractivity contribution in [1.29, 1.82) is 5.26 Å². The molecule has 8 rings (SSSR count). The van der Waals surface area contributed by atoms with Crippen molar-refractivity contribution in [2.24, 2.45) is 17.3 Å². The zero-order valence-corrected chi connectivity index (χ0v) is 29.6. The van der Waals surface area contributed by atoms with Crippen LogP contribution in [0, 0.1) is 28.6 Å². The number of hydrogen-bond acceptors (Lipinski definition) is 9. The van der Waals surface area contributed by atoms with E-state index in [2.05, 4.69) is 31.7 Å². The molecule has 0 N–H and O–H groups in total. The van der Waals surface area contributed by atoms with Crippen LogP contribution in [0.3, 0.4) is 0 Å². The molecule has 2 amide bonds. The van der Waals surface area contributed by atoms with Gasteiger partial charge in [-0.3, -0.25) is 9.69 Å². The molecule has 3 saturated heterocycles. The molecule has 12 heteroatoms. The van der Waals surface area contributed by atoms with Crippen LogP contribution < -0.4 is 0 Å². The van der Waals surface area contributed by atoms with Crippen LogP contribution in [0.2, 0.25) is 0 Å². The summed E-state index contributed by atoms with van der Waals surface area (Å²) in [5.74, 6) is 0.0135. The molecule has 2 aromatic rings. The number of ether oxygens (including phenoxy) is 2. The highest BCUT2D eigenvalue weighted by molar-refractivity contribution is 6.48. The molecule has 11 nitrogen and oxygen atoms in total. The highest BCUT2D eigenvalue weighted by Crippen LogP contribution is 2.65. The highest BCUT2D eigenvalue weighted by Gasteiger charge is 2.68. The van der Waals surface area contributed by atoms with Gasteiger partial charge >= 0.3 is 13.2 Å². The third-order valence-electron chi connectivity index (χ3n) is 12.4. The van der Waals surface area contributed by atoms with Crippen molar-refractivity contribution in [3.05, 3.63) is 47.7 Å². The number of fused-ring (bicyclic) bond motifs is 1. The second-order valence-electron chi connectivity index (χ2n) is 15.9. The van der Waals surface area contributed by atoms with Gasteiger partial charge in [0.25, 0.3) is 5.91 Å². The van der Waals surface area contributed by atoms with Crippen LogP contribution in [0.4, 0.5) is 4.79 Å². The first-order valence-electron chi connectivity index (χ1n) is 17.8. The molecule has 49 heavy (non-hydrogen) atoms. The Morgan fingerprint density at radius 1 is 1.18 bits per heavy atom. The van der Waals surface area contributed by atoms with E-state index in [4.69, 9.17) is 23.2 Å². The molecule has 3 aliphatic heterocycles. The van der Waals surface area contributed by atoms with E-state index in [1.165, 1.54) is 4.90 Å². The first kappa shape index (κ1) is 34.1. The van der Waals surface area contributed by atoms with Gasteiger partial charge in [-0.25, -0.2) is 4.79 Å². The topological polar surface area (TPSA) is 118 Å². The number of nitriles is 1. The Labute approximate surface area is 289 Å². The molecule has 4 heterocycles. The van der Waals surface area contributed by atoms with Crippen molar-refractivity contribution in [2.45, 2.75) is 96.1 Å². The summed E-state index contributed by atoms with van der Waals surface area (Å²) in [6, 6.07) is 9.97. The van der Waals surface area contributed by atoms with Gasteiger partial charge in [-0.2, -0.15) is 5.26 Å². The summed E-state index contributed by atoms with van der Waals surface area (Å²) < 4.78 is 31.0. The fourth-order valence-electron chi connectivity index (χ4n) is 9.20. The standard InChI is InChI=1S/C37H49BN4O7/c1-35(2,41-14-16-45-17-15-41)21-25(22-39)33(43)42-13-9-12-32(42)47-34(44)40(6)31(18-24-23-46-28-11-8-7-10-27(24)28)38-48-30-20-26-19-29(36(26,3)4)37(30,5)49-38/h7-8,10-11,21,23,26,29-32H,9,12-20H2,1-6H3/t26-,29-,30+,31?,32+,37-/m0/s1. The monoisotopic (exact) mass is 672 g/mol. The maximum Gasteiger partial charge on any atom is 0.482 e. The van der Waals surface area contributed by atoms with E-state index in [1.54, 1.807) is 24.3 Å². The van der Waals surface area contributed by atoms with Crippen LogP contribution in [-0.4, -0.2) is 103 Å². The van der Waals surface area contributed by atoms with Crippen molar-refractivity contribution in [2.75, 3.05) is 39.9 Å². The Balaban J connectivity index is 1.10. The molecule has 6 atom stereocenters. The number of benzene rings is 1. The van der Waals surface area contributed by atoms with E-state index in [0.29, 0.717) is 50.9 Å². The zero-order chi connectivity index (χ0) is 34.7. The summed E-state index contributed by atoms with van der Waals surface area (Å²) in [5.41, 5.74) is 0.969. The summed E-state index contributed by atoms with van der Waals surface area (Å²) in [7, 11) is 1.04. The Morgan fingerprint density at radius 3 is 2.67 bits per heavy atom. The van der Waals surface area contributed by atoms with Crippen molar-refractivity contribution in [3.63, 3.8) is 0 Å². The minimum absolute atomic E-state index is 0.0439. The van der Waals surface area contributed by atoms with Gasteiger partial charge in [0, 0.05) is 44.0 Å². The van der Waals surface area contributed by atoms with Gasteiger partial charge in [0.1, 0.15) is 17.2 Å². The second-order valence-corrected chi connectivity index (χ2v) is 15.9. The number of carbonyl (C=O) groups is 2. The smallest absolute Gasteiger partial charge is 0.464 e. The van der Waals surface area contributed by atoms with E-state index in [9.17, 15) is 14.9 Å². The fraction of sp³-hybridized carbons (Fsp3) is 0.649. The lowest BCUT2D eigenvalue weighted by molar-refractivity contribution is -0.199. The van der Waals surface area contributed by atoms with Gasteiger partial charge in [-0.1, -0.05) is 32.0 Å². The first-order chi connectivity index (χ1) is 23.3. The van der Waals surface area contributed by atoms with Crippen molar-refractivity contribution in [1.82, 2.24) is 14.7 Å². The van der Waals surface area contributed by atoms with Crippen LogP contribution in [-0.2, 0) is 30.0 Å². The lowest BCUT2D eigenvalue weighted by Crippen LogP contribution is -2.65. The van der Waals surface area contributed by atoms with Gasteiger partial charge in [-0.05, 0) is 81.4 Å². The Morgan fingerprint density at radius 2 is 1.94 bits per heavy atom. The average Bonchev–Trinajstić information content (AvgIpc) is 3.82. The van der Waals surface area contributed by atoms with Crippen molar-refractivity contribution >= 4 is 30.1 Å². The number of likely N-dealkylation sites (tertiary alicyclic amines) is 1. The molecule has 1 aromatic carbocycles. The third kappa shape index (κ3) is 5.96. The SMILES string of the molecule is CN(C(=O)O[C@@H]1CCCN1C(=O)C(C#N)=CC(C)(C)N1CCOCC1)C(Cc1coc2ccccc12)B1O[C@@H]2C[C@@H]3C[C@@H](C3(C)C)[C@]2(C)O1. The van der Waals surface area contributed by atoms with E-state index in [0.717, 1.165) is 42.5 Å². The Kier molecular flexibility index (Phi) is 8.87. The largest absolute Gasteiger partial charge is 0.482 e. The summed E-state index contributed by atoms with van der Waals surface area (Å²) in [6.45, 7) is 13.9. The molecule has 0 spiro atoms. The Hall–Kier alpha value is -3.37. The van der Waals surface area contributed by atoms with Gasteiger partial charge in [-0.15, -0.1) is 0 Å². The number of nitrogens with zero attached hydrogens (tertiary/aromatic N) is 4. The van der Waals surface area contributed by atoms with Gasteiger partial charge in [0.15, 0.2) is 6.23 Å². The van der Waals surface area contributed by atoms with E-state index in [1.807, 2.05) is 38.1 Å². The predicted molar refractivity (Wildman–Crippen MR) is 183 cm³/mol. The molecule has 6 aliphatic rings. The van der Waals surface area contributed by atoms with Crippen LogP contribution in [0.25, 0.3) is 11.0 Å². The normalized spacial score (nSPS) is 30.4. The molecule has 262 valence electrons. The lowest BCUT2D eigenvalue weighted by Gasteiger charge is -2.64. The van der Waals surface area contributed by atoms with Crippen LogP contribution >= 0.6 is 0 Å². The zero-order valence-electron chi connectivity index (χ0n) is 29.6. The van der Waals surface area contributed by atoms with Gasteiger partial charge < -0.3 is 33.0 Å². The molecule has 3 saturated carbocycles. The quantitative estimate of drug-likeness (QED) is 0.212. The maximum atomic E-state index is 14.0. The summed E-state index contributed by atoms with van der Waals surface area (Å²) >= 11 is 0. The molecule has 6 fully saturated rings. The third-order valence-corrected chi connectivity index (χ3v) is 12.4. The van der Waals surface area contributed by atoms with Crippen LogP contribution in [0.5, 0.6) is 0 Å². The molecular formula is C37H49BN4O7. The number of hydrogen-bond donors (Lipinski definition) is 0. The first-order valence-corrected chi connectivity index (χ1v) is 17.8. The number of furan rings is 1. The number of amides is 2. The summed E-state index contributed by atoms with van der Waals surface area (Å²) in [6.07, 6.45) is 5.69. The maximum absolute atomic E-state index is 14.0. The van der Waals surface area contributed by atoms with Crippen LogP contribution in [0.15, 0.2) is 46.6 Å². The van der Waals surface area contributed by atoms with Crippen molar-refractivity contribution < 1.29 is 32.8 Å². The average molecular weight is 673 g/mol. The lowest BCUT2D eigenvalue weighted by atomic mass is 9.43. The number of likely N-dealkylation sites (N-methyl/N-ethyl adjacent to an activating group) is 1. The fourth-order valence-corrected chi connectivity index (χ4v) is 9.20. The molecular weight excluding hydrogens is 623 g/mol. The summed E-state index contributed by atoms with van der Waals surface area (Å²) in [5, 5.41) is 11.0. The molecule has 2 bridgehead atoms. The van der Waals surface area contributed by atoms with E-state index >= 15 is 0 Å². The van der Waals surface area contributed by atoms with E-state index in [-0.39, 0.29) is 17.1 Å². The number of rotatable bonds is 8. The number of morpholine rings is 1. The second kappa shape index (κ2) is 12.8. The van der Waals surface area contributed by atoms with Gasteiger partial charge in [0.05, 0.1) is 37.1 Å². The van der Waals surface area contributed by atoms with Gasteiger partial charge in [0.2, 0.25) is 0 Å². The summed E-state index contributed by atoms with van der Waals surface area (Å²) in [4.78, 5) is 33.1. The minimum atomic E-state index is -0.792. The predicted octanol–water partition coefficient (Wildman–Crippen LogP) is 5.19. The molecule has 1 unspecified atom stereocenters. The molecule has 1 aromatic heterocycles. The number of carbonyl (C=O) groups excluding carboxylic acids is 2. The molecule has 3 aliphatic carbocycles. The number of para-hydroxylation sites is 1. The molecule has 0 radical (unpaired) electrons. The highest BCUT2D eigenvalue weighted by atomic mass is 16.7.